The summed E-state index contributed by atoms with van der Waals surface area (Å²) in [5.74, 6) is 0. The lowest BCUT2D eigenvalue weighted by atomic mass is 9.86. The number of anilines is 1. The first kappa shape index (κ1) is 12.2. The molecule has 0 atom stereocenters. The van der Waals surface area contributed by atoms with Gasteiger partial charge in [0.05, 0.1) is 0 Å². The lowest BCUT2D eigenvalue weighted by molar-refractivity contribution is 0.591. The Labute approximate surface area is 108 Å². The van der Waals surface area contributed by atoms with Crippen LogP contribution in [-0.4, -0.2) is 0 Å². The van der Waals surface area contributed by atoms with Crippen molar-refractivity contribution in [2.75, 3.05) is 5.32 Å². The largest absolute Gasteiger partial charge is 0.381 e. The molecule has 0 aliphatic carbocycles. The maximum absolute atomic E-state index is 3.53. The minimum absolute atomic E-state index is 0.179. The molecule has 0 fully saturated rings. The molecule has 1 aromatic heterocycles. The van der Waals surface area contributed by atoms with E-state index in [-0.39, 0.29) is 5.41 Å². The van der Waals surface area contributed by atoms with Gasteiger partial charge in [0.2, 0.25) is 0 Å². The van der Waals surface area contributed by atoms with Crippen molar-refractivity contribution in [3.05, 3.63) is 52.2 Å². The van der Waals surface area contributed by atoms with Gasteiger partial charge >= 0.3 is 0 Å². The molecule has 0 saturated carbocycles. The van der Waals surface area contributed by atoms with Gasteiger partial charge in [0.15, 0.2) is 0 Å². The average Bonchev–Trinajstić information content (AvgIpc) is 2.78. The van der Waals surface area contributed by atoms with Crippen LogP contribution in [0, 0.1) is 0 Å². The van der Waals surface area contributed by atoms with E-state index >= 15 is 0 Å². The number of para-hydroxylation sites is 1. The second kappa shape index (κ2) is 4.92. The van der Waals surface area contributed by atoms with Gasteiger partial charge in [0, 0.05) is 12.2 Å². The molecule has 0 amide bonds. The first-order valence-corrected chi connectivity index (χ1v) is 6.86. The molecule has 0 unspecified atom stereocenters. The van der Waals surface area contributed by atoms with Gasteiger partial charge in [-0.3, -0.25) is 0 Å². The molecule has 1 aromatic carbocycles. The lowest BCUT2D eigenvalue weighted by Gasteiger charge is -2.23. The zero-order chi connectivity index (χ0) is 12.3. The monoisotopic (exact) mass is 245 g/mol. The van der Waals surface area contributed by atoms with Crippen LogP contribution in [-0.2, 0) is 12.0 Å². The van der Waals surface area contributed by atoms with Crippen molar-refractivity contribution in [3.8, 4) is 0 Å². The minimum atomic E-state index is 0.179. The van der Waals surface area contributed by atoms with Crippen LogP contribution >= 0.6 is 11.3 Å². The van der Waals surface area contributed by atoms with Crippen molar-refractivity contribution >= 4 is 17.0 Å². The van der Waals surface area contributed by atoms with Gasteiger partial charge in [-0.2, -0.15) is 11.3 Å². The number of hydrogen-bond acceptors (Lipinski definition) is 2. The summed E-state index contributed by atoms with van der Waals surface area (Å²) in [6.45, 7) is 7.64. The van der Waals surface area contributed by atoms with Crippen molar-refractivity contribution in [2.45, 2.75) is 32.7 Å². The Hall–Kier alpha value is -1.28. The molecule has 1 nitrogen and oxygen atoms in total. The number of hydrogen-bond donors (Lipinski definition) is 1. The third-order valence-electron chi connectivity index (χ3n) is 2.80. The van der Waals surface area contributed by atoms with Crippen LogP contribution in [0.25, 0.3) is 0 Å². The topological polar surface area (TPSA) is 12.0 Å². The summed E-state index contributed by atoms with van der Waals surface area (Å²) >= 11 is 1.74. The molecule has 17 heavy (non-hydrogen) atoms. The predicted octanol–water partition coefficient (Wildman–Crippen LogP) is 4.66. The second-order valence-electron chi connectivity index (χ2n) is 5.28. The number of benzene rings is 1. The van der Waals surface area contributed by atoms with Gasteiger partial charge in [0.1, 0.15) is 0 Å². The van der Waals surface area contributed by atoms with E-state index in [1.54, 1.807) is 11.3 Å². The van der Waals surface area contributed by atoms with Gasteiger partial charge in [-0.25, -0.2) is 0 Å². The highest BCUT2D eigenvalue weighted by Crippen LogP contribution is 2.29. The van der Waals surface area contributed by atoms with Crippen LogP contribution in [0.1, 0.15) is 31.9 Å². The number of rotatable bonds is 3. The maximum atomic E-state index is 3.53. The Bertz CT molecular complexity index is 466. The molecule has 1 N–H and O–H groups in total. The molecular formula is C15H19NS. The smallest absolute Gasteiger partial charge is 0.0409 e. The summed E-state index contributed by atoms with van der Waals surface area (Å²) in [6.07, 6.45) is 0. The van der Waals surface area contributed by atoms with Crippen molar-refractivity contribution in [2.24, 2.45) is 0 Å². The standard InChI is InChI=1S/C15H19NS/c1-15(2,3)13-6-4-5-7-14(13)16-10-12-8-9-17-11-12/h4-9,11,16H,10H2,1-3H3. The Kier molecular flexibility index (Phi) is 3.53. The van der Waals surface area contributed by atoms with Crippen molar-refractivity contribution in [3.63, 3.8) is 0 Å². The van der Waals surface area contributed by atoms with Gasteiger partial charge < -0.3 is 5.32 Å². The second-order valence-corrected chi connectivity index (χ2v) is 6.06. The zero-order valence-corrected chi connectivity index (χ0v) is 11.5. The number of thiophene rings is 1. The highest BCUT2D eigenvalue weighted by atomic mass is 32.1. The summed E-state index contributed by atoms with van der Waals surface area (Å²) in [4.78, 5) is 0. The van der Waals surface area contributed by atoms with E-state index < -0.39 is 0 Å². The van der Waals surface area contributed by atoms with E-state index in [4.69, 9.17) is 0 Å². The Morgan fingerprint density at radius 1 is 1.12 bits per heavy atom. The van der Waals surface area contributed by atoms with Crippen LogP contribution in [0.5, 0.6) is 0 Å². The predicted molar refractivity (Wildman–Crippen MR) is 76.8 cm³/mol. The Morgan fingerprint density at radius 2 is 1.88 bits per heavy atom. The van der Waals surface area contributed by atoms with E-state index in [9.17, 15) is 0 Å². The quantitative estimate of drug-likeness (QED) is 0.829. The van der Waals surface area contributed by atoms with E-state index in [1.165, 1.54) is 16.8 Å². The van der Waals surface area contributed by atoms with E-state index in [1.807, 2.05) is 0 Å². The van der Waals surface area contributed by atoms with Gasteiger partial charge in [-0.05, 0) is 39.4 Å². The first-order valence-electron chi connectivity index (χ1n) is 5.92. The minimum Gasteiger partial charge on any atom is -0.381 e. The normalized spacial score (nSPS) is 11.5. The fraction of sp³-hybridized carbons (Fsp3) is 0.333. The summed E-state index contributed by atoms with van der Waals surface area (Å²) in [7, 11) is 0. The molecule has 0 radical (unpaired) electrons. The highest BCUT2D eigenvalue weighted by Gasteiger charge is 2.16. The molecule has 0 aliphatic rings. The average molecular weight is 245 g/mol. The third-order valence-corrected chi connectivity index (χ3v) is 3.53. The molecule has 0 spiro atoms. The molecule has 0 aliphatic heterocycles. The SMILES string of the molecule is CC(C)(C)c1ccccc1NCc1ccsc1. The molecule has 1 heterocycles. The summed E-state index contributed by atoms with van der Waals surface area (Å²) in [5, 5.41) is 7.83. The fourth-order valence-corrected chi connectivity index (χ4v) is 2.55. The summed E-state index contributed by atoms with van der Waals surface area (Å²) < 4.78 is 0. The van der Waals surface area contributed by atoms with E-state index in [0.29, 0.717) is 0 Å². The molecule has 0 saturated heterocycles. The zero-order valence-electron chi connectivity index (χ0n) is 10.7. The Morgan fingerprint density at radius 3 is 2.53 bits per heavy atom. The van der Waals surface area contributed by atoms with Crippen molar-refractivity contribution in [1.29, 1.82) is 0 Å². The van der Waals surface area contributed by atoms with Crippen molar-refractivity contribution in [1.82, 2.24) is 0 Å². The van der Waals surface area contributed by atoms with Crippen molar-refractivity contribution < 1.29 is 0 Å². The van der Waals surface area contributed by atoms with Crippen LogP contribution in [0.4, 0.5) is 5.69 Å². The lowest BCUT2D eigenvalue weighted by Crippen LogP contribution is -2.14. The van der Waals surface area contributed by atoms with Gasteiger partial charge in [0.25, 0.3) is 0 Å². The molecule has 0 bridgehead atoms. The summed E-state index contributed by atoms with van der Waals surface area (Å²) in [5.41, 5.74) is 4.14. The Balaban J connectivity index is 2.16. The molecular weight excluding hydrogens is 226 g/mol. The van der Waals surface area contributed by atoms with Crippen LogP contribution in [0.3, 0.4) is 0 Å². The number of nitrogens with one attached hydrogen (secondary N) is 1. The molecule has 2 aromatic rings. The van der Waals surface area contributed by atoms with Crippen LogP contribution in [0.2, 0.25) is 0 Å². The van der Waals surface area contributed by atoms with E-state index in [2.05, 4.69) is 67.2 Å². The third kappa shape index (κ3) is 3.10. The molecule has 2 heteroatoms. The fourth-order valence-electron chi connectivity index (χ4n) is 1.88. The first-order chi connectivity index (χ1) is 8.07. The summed E-state index contributed by atoms with van der Waals surface area (Å²) in [6, 6.07) is 10.7. The maximum Gasteiger partial charge on any atom is 0.0409 e. The van der Waals surface area contributed by atoms with Gasteiger partial charge in [-0.15, -0.1) is 0 Å². The van der Waals surface area contributed by atoms with Crippen LogP contribution in [0.15, 0.2) is 41.1 Å². The van der Waals surface area contributed by atoms with E-state index in [0.717, 1.165) is 6.54 Å². The highest BCUT2D eigenvalue weighted by molar-refractivity contribution is 7.07. The van der Waals surface area contributed by atoms with Crippen LogP contribution < -0.4 is 5.32 Å². The molecule has 90 valence electrons. The van der Waals surface area contributed by atoms with Gasteiger partial charge in [-0.1, -0.05) is 39.0 Å². The molecule has 2 rings (SSSR count).